The molecule has 2 aromatic rings. The molecule has 0 saturated heterocycles. The van der Waals surface area contributed by atoms with E-state index in [2.05, 4.69) is 22.5 Å². The molecule has 1 amide bonds. The molecule has 4 nitrogen and oxygen atoms in total. The van der Waals surface area contributed by atoms with E-state index in [4.69, 9.17) is 0 Å². The highest BCUT2D eigenvalue weighted by atomic mass is 19.1. The lowest BCUT2D eigenvalue weighted by atomic mass is 10.2. The first-order valence-corrected chi connectivity index (χ1v) is 6.87. The third-order valence-corrected chi connectivity index (χ3v) is 3.02. The Morgan fingerprint density at radius 2 is 2.10 bits per heavy atom. The highest BCUT2D eigenvalue weighted by molar-refractivity contribution is 6.03. The van der Waals surface area contributed by atoms with Gasteiger partial charge in [-0.3, -0.25) is 9.78 Å². The maximum atomic E-state index is 13.2. The van der Waals surface area contributed by atoms with Gasteiger partial charge in [-0.25, -0.2) is 4.39 Å². The molecule has 0 aliphatic heterocycles. The Kier molecular flexibility index (Phi) is 4.87. The van der Waals surface area contributed by atoms with Gasteiger partial charge < -0.3 is 10.6 Å². The number of aryl methyl sites for hydroxylation is 1. The van der Waals surface area contributed by atoms with Crippen LogP contribution in [0.3, 0.4) is 0 Å². The summed E-state index contributed by atoms with van der Waals surface area (Å²) in [5, 5.41) is 5.88. The highest BCUT2D eigenvalue weighted by Gasteiger charge is 2.10. The van der Waals surface area contributed by atoms with Crippen molar-refractivity contribution in [2.45, 2.75) is 20.3 Å². The Balaban J connectivity index is 2.14. The number of carbonyl (C=O) groups excluding carboxylic acids is 1. The van der Waals surface area contributed by atoms with Gasteiger partial charge in [0.15, 0.2) is 0 Å². The van der Waals surface area contributed by atoms with E-state index in [-0.39, 0.29) is 11.7 Å². The number of benzene rings is 1. The van der Waals surface area contributed by atoms with Gasteiger partial charge in [0.05, 0.1) is 0 Å². The molecule has 0 spiro atoms. The summed E-state index contributed by atoms with van der Waals surface area (Å²) < 4.78 is 13.2. The molecule has 0 fully saturated rings. The van der Waals surface area contributed by atoms with Crippen molar-refractivity contribution in [3.05, 3.63) is 53.6 Å². The molecule has 1 heterocycles. The number of hydrogen-bond acceptors (Lipinski definition) is 3. The number of nitrogens with one attached hydrogen (secondary N) is 2. The van der Waals surface area contributed by atoms with Gasteiger partial charge >= 0.3 is 0 Å². The molecule has 1 aromatic carbocycles. The van der Waals surface area contributed by atoms with E-state index in [0.29, 0.717) is 11.4 Å². The van der Waals surface area contributed by atoms with Crippen molar-refractivity contribution < 1.29 is 9.18 Å². The quantitative estimate of drug-likeness (QED) is 0.883. The van der Waals surface area contributed by atoms with Crippen molar-refractivity contribution in [2.75, 3.05) is 17.2 Å². The van der Waals surface area contributed by atoms with Crippen molar-refractivity contribution in [1.82, 2.24) is 4.98 Å². The Bertz CT molecular complexity index is 643. The van der Waals surface area contributed by atoms with Crippen molar-refractivity contribution in [3.63, 3.8) is 0 Å². The zero-order valence-corrected chi connectivity index (χ0v) is 12.1. The van der Waals surface area contributed by atoms with Crippen LogP contribution in [0.1, 0.15) is 29.4 Å². The summed E-state index contributed by atoms with van der Waals surface area (Å²) in [7, 11) is 0. The molecule has 0 unspecified atom stereocenters. The number of pyridine rings is 1. The average Bonchev–Trinajstić information content (AvgIpc) is 2.49. The van der Waals surface area contributed by atoms with Gasteiger partial charge in [0.25, 0.3) is 5.91 Å². The van der Waals surface area contributed by atoms with E-state index in [1.54, 1.807) is 24.4 Å². The summed E-state index contributed by atoms with van der Waals surface area (Å²) in [6.45, 7) is 4.70. The molecular weight excluding hydrogens is 269 g/mol. The van der Waals surface area contributed by atoms with Gasteiger partial charge in [-0.05, 0) is 43.2 Å². The predicted octanol–water partition coefficient (Wildman–Crippen LogP) is 3.60. The van der Waals surface area contributed by atoms with E-state index in [0.717, 1.165) is 24.2 Å². The highest BCUT2D eigenvalue weighted by Crippen LogP contribution is 2.17. The standard InChI is InChI=1S/C16H18FN3O/c1-3-7-18-13-6-8-19-15(10-13)16(21)20-14-9-12(17)5-4-11(14)2/h4-6,8-10H,3,7H2,1-2H3,(H,18,19)(H,20,21). The Morgan fingerprint density at radius 3 is 2.86 bits per heavy atom. The molecule has 0 aliphatic rings. The van der Waals surface area contributed by atoms with Crippen LogP contribution in [0.5, 0.6) is 0 Å². The first-order chi connectivity index (χ1) is 10.1. The Labute approximate surface area is 123 Å². The fourth-order valence-corrected chi connectivity index (χ4v) is 1.85. The van der Waals surface area contributed by atoms with Gasteiger partial charge in [0.2, 0.25) is 0 Å². The largest absolute Gasteiger partial charge is 0.385 e. The topological polar surface area (TPSA) is 54.0 Å². The molecule has 2 N–H and O–H groups in total. The lowest BCUT2D eigenvalue weighted by Crippen LogP contribution is -2.15. The second-order valence-electron chi connectivity index (χ2n) is 4.77. The number of amides is 1. The van der Waals surface area contributed by atoms with Crippen LogP contribution in [0, 0.1) is 12.7 Å². The number of carbonyl (C=O) groups is 1. The first kappa shape index (κ1) is 15.0. The number of rotatable bonds is 5. The summed E-state index contributed by atoms with van der Waals surface area (Å²) in [5.74, 6) is -0.744. The van der Waals surface area contributed by atoms with Crippen molar-refractivity contribution >= 4 is 17.3 Å². The molecule has 0 saturated carbocycles. The molecule has 1 aromatic heterocycles. The molecule has 0 atom stereocenters. The number of nitrogens with zero attached hydrogens (tertiary/aromatic N) is 1. The fraction of sp³-hybridized carbons (Fsp3) is 0.250. The number of aromatic nitrogens is 1. The molecule has 5 heteroatoms. The average molecular weight is 287 g/mol. The number of halogens is 1. The van der Waals surface area contributed by atoms with Crippen molar-refractivity contribution in [1.29, 1.82) is 0 Å². The van der Waals surface area contributed by atoms with Crippen LogP contribution < -0.4 is 10.6 Å². The van der Waals surface area contributed by atoms with Crippen LogP contribution in [0.15, 0.2) is 36.5 Å². The smallest absolute Gasteiger partial charge is 0.274 e. The SMILES string of the molecule is CCCNc1ccnc(C(=O)Nc2cc(F)ccc2C)c1. The molecule has 2 rings (SSSR count). The number of anilines is 2. The first-order valence-electron chi connectivity index (χ1n) is 6.87. The molecule has 0 aliphatic carbocycles. The summed E-state index contributed by atoms with van der Waals surface area (Å²) in [5.41, 5.74) is 2.38. The maximum absolute atomic E-state index is 13.2. The minimum absolute atomic E-state index is 0.291. The molecule has 21 heavy (non-hydrogen) atoms. The summed E-state index contributed by atoms with van der Waals surface area (Å²) in [6, 6.07) is 7.77. The van der Waals surface area contributed by atoms with Gasteiger partial charge in [0, 0.05) is 24.1 Å². The van der Waals surface area contributed by atoms with Crippen LogP contribution in [-0.2, 0) is 0 Å². The van der Waals surface area contributed by atoms with Crippen molar-refractivity contribution in [2.24, 2.45) is 0 Å². The van der Waals surface area contributed by atoms with Crippen molar-refractivity contribution in [3.8, 4) is 0 Å². The molecule has 110 valence electrons. The van der Waals surface area contributed by atoms with Crippen LogP contribution in [0.2, 0.25) is 0 Å². The number of hydrogen-bond donors (Lipinski definition) is 2. The molecule has 0 radical (unpaired) electrons. The van der Waals surface area contributed by atoms with Gasteiger partial charge in [-0.1, -0.05) is 13.0 Å². The van der Waals surface area contributed by atoms with Crippen LogP contribution >= 0.6 is 0 Å². The lowest BCUT2D eigenvalue weighted by molar-refractivity contribution is 0.102. The van der Waals surface area contributed by atoms with Crippen LogP contribution in [0.25, 0.3) is 0 Å². The van der Waals surface area contributed by atoms with E-state index in [1.165, 1.54) is 12.1 Å². The normalized spacial score (nSPS) is 10.2. The predicted molar refractivity (Wildman–Crippen MR) is 82.1 cm³/mol. The lowest BCUT2D eigenvalue weighted by Gasteiger charge is -2.09. The fourth-order valence-electron chi connectivity index (χ4n) is 1.85. The van der Waals surface area contributed by atoms with Crippen LogP contribution in [0.4, 0.5) is 15.8 Å². The van der Waals surface area contributed by atoms with Gasteiger partial charge in [-0.2, -0.15) is 0 Å². The van der Waals surface area contributed by atoms with Gasteiger partial charge in [-0.15, -0.1) is 0 Å². The Morgan fingerprint density at radius 1 is 1.29 bits per heavy atom. The van der Waals surface area contributed by atoms with E-state index in [9.17, 15) is 9.18 Å². The summed E-state index contributed by atoms with van der Waals surface area (Å²) >= 11 is 0. The summed E-state index contributed by atoms with van der Waals surface area (Å²) in [6.07, 6.45) is 2.57. The second-order valence-corrected chi connectivity index (χ2v) is 4.77. The third-order valence-electron chi connectivity index (χ3n) is 3.02. The van der Waals surface area contributed by atoms with E-state index >= 15 is 0 Å². The summed E-state index contributed by atoms with van der Waals surface area (Å²) in [4.78, 5) is 16.2. The molecule has 0 bridgehead atoms. The second kappa shape index (κ2) is 6.83. The van der Waals surface area contributed by atoms with E-state index in [1.807, 2.05) is 6.92 Å². The van der Waals surface area contributed by atoms with Gasteiger partial charge in [0.1, 0.15) is 11.5 Å². The zero-order chi connectivity index (χ0) is 15.2. The maximum Gasteiger partial charge on any atom is 0.274 e. The monoisotopic (exact) mass is 287 g/mol. The Hall–Kier alpha value is -2.43. The zero-order valence-electron chi connectivity index (χ0n) is 12.1. The molecular formula is C16H18FN3O. The van der Waals surface area contributed by atoms with E-state index < -0.39 is 0 Å². The minimum atomic E-state index is -0.387. The van der Waals surface area contributed by atoms with Crippen LogP contribution in [-0.4, -0.2) is 17.4 Å². The third kappa shape index (κ3) is 4.02. The minimum Gasteiger partial charge on any atom is -0.385 e.